The summed E-state index contributed by atoms with van der Waals surface area (Å²) in [4.78, 5) is 11.3. The molecule has 2 N–H and O–H groups in total. The number of rotatable bonds is 3. The van der Waals surface area contributed by atoms with Crippen LogP contribution in [0, 0.1) is 5.82 Å². The van der Waals surface area contributed by atoms with Crippen LogP contribution in [0.2, 0.25) is 0 Å². The van der Waals surface area contributed by atoms with Crippen molar-refractivity contribution in [3.63, 3.8) is 0 Å². The first-order valence-corrected chi connectivity index (χ1v) is 7.58. The van der Waals surface area contributed by atoms with Gasteiger partial charge in [-0.3, -0.25) is 4.79 Å². The topological polar surface area (TPSA) is 77.2 Å². The molecule has 0 aliphatic heterocycles. The molecule has 20 heavy (non-hydrogen) atoms. The Kier molecular flexibility index (Phi) is 3.59. The van der Waals surface area contributed by atoms with E-state index in [9.17, 15) is 17.6 Å². The van der Waals surface area contributed by atoms with Gasteiger partial charge >= 0.3 is 0 Å². The van der Waals surface area contributed by atoms with E-state index in [0.717, 1.165) is 12.3 Å². The predicted molar refractivity (Wildman–Crippen MR) is 73.5 cm³/mol. The van der Waals surface area contributed by atoms with Gasteiger partial charge in [0.15, 0.2) is 9.84 Å². The molecule has 2 aromatic carbocycles. The second-order valence-electron chi connectivity index (χ2n) is 4.36. The van der Waals surface area contributed by atoms with Crippen molar-refractivity contribution in [1.82, 2.24) is 0 Å². The molecule has 2 rings (SSSR count). The molecule has 0 spiro atoms. The Morgan fingerprint density at radius 1 is 1.05 bits per heavy atom. The average molecular weight is 293 g/mol. The normalized spacial score (nSPS) is 11.3. The van der Waals surface area contributed by atoms with Gasteiger partial charge in [0.2, 0.25) is 0 Å². The van der Waals surface area contributed by atoms with Gasteiger partial charge < -0.3 is 5.73 Å². The van der Waals surface area contributed by atoms with E-state index < -0.39 is 21.6 Å². The first-order chi connectivity index (χ1) is 9.29. The molecule has 0 saturated carbocycles. The molecule has 0 saturated heterocycles. The van der Waals surface area contributed by atoms with Gasteiger partial charge in [0, 0.05) is 6.26 Å². The zero-order chi connectivity index (χ0) is 14.9. The van der Waals surface area contributed by atoms with E-state index in [4.69, 9.17) is 5.73 Å². The Hall–Kier alpha value is -2.21. The minimum Gasteiger partial charge on any atom is -0.366 e. The molecule has 104 valence electrons. The third-order valence-corrected chi connectivity index (χ3v) is 3.98. The summed E-state index contributed by atoms with van der Waals surface area (Å²) < 4.78 is 36.1. The van der Waals surface area contributed by atoms with Crippen molar-refractivity contribution in [3.8, 4) is 11.1 Å². The summed E-state index contributed by atoms with van der Waals surface area (Å²) in [5, 5.41) is 0. The number of halogens is 1. The van der Waals surface area contributed by atoms with E-state index in [1.54, 1.807) is 12.1 Å². The minimum atomic E-state index is -3.26. The van der Waals surface area contributed by atoms with Gasteiger partial charge in [-0.1, -0.05) is 18.2 Å². The second kappa shape index (κ2) is 5.05. The van der Waals surface area contributed by atoms with Gasteiger partial charge in [0.05, 0.1) is 10.5 Å². The van der Waals surface area contributed by atoms with Crippen LogP contribution in [0.1, 0.15) is 10.4 Å². The van der Waals surface area contributed by atoms with Gasteiger partial charge in [-0.2, -0.15) is 0 Å². The number of carbonyl (C=O) groups is 1. The summed E-state index contributed by atoms with van der Waals surface area (Å²) in [6.45, 7) is 0. The minimum absolute atomic E-state index is 0.193. The fourth-order valence-corrected chi connectivity index (χ4v) is 2.42. The highest BCUT2D eigenvalue weighted by Gasteiger charge is 2.11. The quantitative estimate of drug-likeness (QED) is 0.940. The number of benzene rings is 2. The Bertz CT molecular complexity index is 768. The molecule has 0 aliphatic rings. The summed E-state index contributed by atoms with van der Waals surface area (Å²) in [6.07, 6.45) is 1.12. The van der Waals surface area contributed by atoms with Gasteiger partial charge in [-0.25, -0.2) is 12.8 Å². The molecular formula is C14H12FNO3S. The van der Waals surface area contributed by atoms with Crippen LogP contribution in [0.5, 0.6) is 0 Å². The Labute approximate surface area is 116 Å². The molecule has 4 nitrogen and oxygen atoms in total. The van der Waals surface area contributed by atoms with Crippen LogP contribution in [-0.4, -0.2) is 20.6 Å². The zero-order valence-electron chi connectivity index (χ0n) is 10.6. The van der Waals surface area contributed by atoms with E-state index in [1.165, 1.54) is 24.3 Å². The van der Waals surface area contributed by atoms with Gasteiger partial charge in [0.25, 0.3) is 5.91 Å². The molecule has 0 bridgehead atoms. The Balaban J connectivity index is 2.47. The van der Waals surface area contributed by atoms with Crippen molar-refractivity contribution in [2.24, 2.45) is 5.73 Å². The molecule has 0 heterocycles. The maximum atomic E-state index is 13.4. The van der Waals surface area contributed by atoms with Crippen molar-refractivity contribution >= 4 is 15.7 Å². The monoisotopic (exact) mass is 293 g/mol. The maximum absolute atomic E-state index is 13.4. The van der Waals surface area contributed by atoms with Crippen molar-refractivity contribution in [1.29, 1.82) is 0 Å². The summed E-state index contributed by atoms with van der Waals surface area (Å²) in [5.74, 6) is -1.54. The van der Waals surface area contributed by atoms with Gasteiger partial charge in [0.1, 0.15) is 5.82 Å². The molecule has 0 aromatic heterocycles. The molecule has 0 aliphatic carbocycles. The number of nitrogens with two attached hydrogens (primary N) is 1. The van der Waals surface area contributed by atoms with Gasteiger partial charge in [-0.15, -0.1) is 0 Å². The Morgan fingerprint density at radius 2 is 1.60 bits per heavy atom. The first-order valence-electron chi connectivity index (χ1n) is 5.69. The molecule has 2 aromatic rings. The van der Waals surface area contributed by atoms with Crippen LogP contribution in [0.15, 0.2) is 47.4 Å². The van der Waals surface area contributed by atoms with Crippen LogP contribution in [-0.2, 0) is 9.84 Å². The highest BCUT2D eigenvalue weighted by Crippen LogP contribution is 2.23. The largest absolute Gasteiger partial charge is 0.366 e. The van der Waals surface area contributed by atoms with E-state index >= 15 is 0 Å². The smallest absolute Gasteiger partial charge is 0.251 e. The third-order valence-electron chi connectivity index (χ3n) is 2.85. The van der Waals surface area contributed by atoms with E-state index in [1.807, 2.05) is 0 Å². The second-order valence-corrected chi connectivity index (χ2v) is 6.37. The van der Waals surface area contributed by atoms with Crippen LogP contribution in [0.4, 0.5) is 4.39 Å². The molecule has 0 fully saturated rings. The molecule has 1 amide bonds. The SMILES string of the molecule is CS(=O)(=O)c1ccc(-c2ccc(F)c(C(N)=O)c2)cc1. The summed E-state index contributed by atoms with van der Waals surface area (Å²) in [6, 6.07) is 10.1. The van der Waals surface area contributed by atoms with Crippen LogP contribution < -0.4 is 5.73 Å². The average Bonchev–Trinajstić information content (AvgIpc) is 2.38. The maximum Gasteiger partial charge on any atom is 0.251 e. The third kappa shape index (κ3) is 2.85. The molecule has 0 unspecified atom stereocenters. The lowest BCUT2D eigenvalue weighted by atomic mass is 10.0. The molecular weight excluding hydrogens is 281 g/mol. The number of hydrogen-bond donors (Lipinski definition) is 1. The lowest BCUT2D eigenvalue weighted by Crippen LogP contribution is -2.13. The summed E-state index contributed by atoms with van der Waals surface area (Å²) in [5.41, 5.74) is 6.14. The van der Waals surface area contributed by atoms with Gasteiger partial charge in [-0.05, 0) is 35.4 Å². The number of sulfone groups is 1. The van der Waals surface area contributed by atoms with Crippen molar-refractivity contribution in [2.45, 2.75) is 4.90 Å². The lowest BCUT2D eigenvalue weighted by Gasteiger charge is -2.06. The van der Waals surface area contributed by atoms with Crippen LogP contribution in [0.3, 0.4) is 0 Å². The van der Waals surface area contributed by atoms with E-state index in [-0.39, 0.29) is 10.5 Å². The van der Waals surface area contributed by atoms with Crippen LogP contribution >= 0.6 is 0 Å². The fourth-order valence-electron chi connectivity index (χ4n) is 1.79. The van der Waals surface area contributed by atoms with Crippen molar-refractivity contribution in [3.05, 3.63) is 53.8 Å². The number of amides is 1. The lowest BCUT2D eigenvalue weighted by molar-refractivity contribution is 0.0996. The zero-order valence-corrected chi connectivity index (χ0v) is 11.4. The van der Waals surface area contributed by atoms with E-state index in [0.29, 0.717) is 11.1 Å². The molecule has 0 atom stereocenters. The Morgan fingerprint density at radius 3 is 2.10 bits per heavy atom. The summed E-state index contributed by atoms with van der Waals surface area (Å²) in [7, 11) is -3.26. The van der Waals surface area contributed by atoms with Crippen LogP contribution in [0.25, 0.3) is 11.1 Å². The summed E-state index contributed by atoms with van der Waals surface area (Å²) >= 11 is 0. The first kappa shape index (κ1) is 14.2. The fraction of sp³-hybridized carbons (Fsp3) is 0.0714. The number of primary amides is 1. The molecule has 0 radical (unpaired) electrons. The van der Waals surface area contributed by atoms with E-state index in [2.05, 4.69) is 0 Å². The predicted octanol–water partition coefficient (Wildman–Crippen LogP) is 2.00. The number of hydrogen-bond acceptors (Lipinski definition) is 3. The van der Waals surface area contributed by atoms with Crippen molar-refractivity contribution in [2.75, 3.05) is 6.26 Å². The highest BCUT2D eigenvalue weighted by molar-refractivity contribution is 7.90. The standard InChI is InChI=1S/C14H12FNO3S/c1-20(18,19)11-5-2-9(3-6-11)10-4-7-13(15)12(8-10)14(16)17/h2-8H,1H3,(H2,16,17). The molecule has 6 heteroatoms. The highest BCUT2D eigenvalue weighted by atomic mass is 32.2. The number of carbonyl (C=O) groups excluding carboxylic acids is 1. The van der Waals surface area contributed by atoms with Crippen molar-refractivity contribution < 1.29 is 17.6 Å².